The van der Waals surface area contributed by atoms with Crippen molar-refractivity contribution >= 4 is 29.2 Å². The average molecular weight is 377 g/mol. The second kappa shape index (κ2) is 8.17. The number of hydrogen-bond donors (Lipinski definition) is 2. The molecule has 11 heteroatoms. The van der Waals surface area contributed by atoms with Gasteiger partial charge < -0.3 is 24.5 Å². The molecule has 27 heavy (non-hydrogen) atoms. The van der Waals surface area contributed by atoms with Gasteiger partial charge in [0, 0.05) is 33.3 Å². The molecule has 0 atom stereocenters. The highest BCUT2D eigenvalue weighted by Gasteiger charge is 2.19. The number of hydrogen-bond acceptors (Lipinski definition) is 6. The van der Waals surface area contributed by atoms with Crippen LogP contribution < -0.4 is 10.6 Å². The topological polar surface area (TPSA) is 138 Å². The van der Waals surface area contributed by atoms with Crippen LogP contribution in [0.15, 0.2) is 24.5 Å². The van der Waals surface area contributed by atoms with Gasteiger partial charge in [-0.1, -0.05) is 0 Å². The van der Waals surface area contributed by atoms with Gasteiger partial charge in [0.1, 0.15) is 18.0 Å². The van der Waals surface area contributed by atoms with E-state index in [0.717, 1.165) is 0 Å². The summed E-state index contributed by atoms with van der Waals surface area (Å²) in [6.45, 7) is 1.48. The second-order valence-corrected chi connectivity index (χ2v) is 5.73. The van der Waals surface area contributed by atoms with E-state index >= 15 is 0 Å². The van der Waals surface area contributed by atoms with E-state index in [0.29, 0.717) is 5.69 Å². The molecular formula is C16H19N5O6. The lowest BCUT2D eigenvalue weighted by Gasteiger charge is -2.05. The summed E-state index contributed by atoms with van der Waals surface area (Å²) in [5.74, 6) is -1.38. The molecule has 0 unspecified atom stereocenters. The molecule has 2 rings (SSSR count). The summed E-state index contributed by atoms with van der Waals surface area (Å²) in [6, 6.07) is 2.64. The lowest BCUT2D eigenvalue weighted by atomic mass is 10.3. The molecule has 2 amide bonds. The van der Waals surface area contributed by atoms with Gasteiger partial charge in [-0.05, 0) is 6.07 Å². The molecule has 2 heterocycles. The molecule has 0 aliphatic rings. The minimum atomic E-state index is -0.586. The van der Waals surface area contributed by atoms with E-state index in [2.05, 4.69) is 10.6 Å². The molecule has 0 saturated carbocycles. The summed E-state index contributed by atoms with van der Waals surface area (Å²) in [5, 5.41) is 16.0. The van der Waals surface area contributed by atoms with Crippen LogP contribution in [-0.2, 0) is 23.6 Å². The van der Waals surface area contributed by atoms with Crippen LogP contribution in [0.25, 0.3) is 0 Å². The number of carbonyl (C=O) groups is 3. The molecule has 2 aromatic heterocycles. The van der Waals surface area contributed by atoms with E-state index in [1.54, 1.807) is 7.05 Å². The SMILES string of the molecule is CC(=O)OCCNC(=O)c1cc(NC(=O)c2cc([N+](=O)[O-])cn2C)cn1C. The van der Waals surface area contributed by atoms with E-state index < -0.39 is 22.7 Å². The first kappa shape index (κ1) is 19.7. The van der Waals surface area contributed by atoms with Crippen molar-refractivity contribution in [1.29, 1.82) is 0 Å². The van der Waals surface area contributed by atoms with Crippen molar-refractivity contribution in [3.05, 3.63) is 46.0 Å². The van der Waals surface area contributed by atoms with Crippen molar-refractivity contribution in [2.24, 2.45) is 14.1 Å². The van der Waals surface area contributed by atoms with Gasteiger partial charge in [-0.15, -0.1) is 0 Å². The fourth-order valence-electron chi connectivity index (χ4n) is 2.38. The number of nitrogens with one attached hydrogen (secondary N) is 2. The average Bonchev–Trinajstić information content (AvgIpc) is 3.14. The zero-order chi connectivity index (χ0) is 20.1. The Morgan fingerprint density at radius 1 is 1.11 bits per heavy atom. The number of carbonyl (C=O) groups excluding carboxylic acids is 3. The molecule has 11 nitrogen and oxygen atoms in total. The number of esters is 1. The molecule has 0 aliphatic carbocycles. The predicted octanol–water partition coefficient (Wildman–Crippen LogP) is 0.817. The van der Waals surface area contributed by atoms with Crippen molar-refractivity contribution in [2.75, 3.05) is 18.5 Å². The Hall–Kier alpha value is -3.63. The predicted molar refractivity (Wildman–Crippen MR) is 94.4 cm³/mol. The molecular weight excluding hydrogens is 358 g/mol. The number of nitrogens with zero attached hydrogens (tertiary/aromatic N) is 3. The van der Waals surface area contributed by atoms with Crippen molar-refractivity contribution in [2.45, 2.75) is 6.92 Å². The summed E-state index contributed by atoms with van der Waals surface area (Å²) in [5.41, 5.74) is 0.559. The first-order valence-electron chi connectivity index (χ1n) is 7.89. The number of amides is 2. The third kappa shape index (κ3) is 4.93. The summed E-state index contributed by atoms with van der Waals surface area (Å²) < 4.78 is 7.59. The first-order chi connectivity index (χ1) is 12.7. The van der Waals surface area contributed by atoms with Crippen LogP contribution in [0.4, 0.5) is 11.4 Å². The summed E-state index contributed by atoms with van der Waals surface area (Å²) in [7, 11) is 3.15. The highest BCUT2D eigenvalue weighted by molar-refractivity contribution is 6.04. The lowest BCUT2D eigenvalue weighted by molar-refractivity contribution is -0.384. The van der Waals surface area contributed by atoms with E-state index in [4.69, 9.17) is 4.74 Å². The van der Waals surface area contributed by atoms with Crippen molar-refractivity contribution < 1.29 is 24.0 Å². The molecule has 0 spiro atoms. The molecule has 0 aliphatic heterocycles. The van der Waals surface area contributed by atoms with E-state index in [-0.39, 0.29) is 30.2 Å². The fraction of sp³-hybridized carbons (Fsp3) is 0.312. The van der Waals surface area contributed by atoms with Crippen LogP contribution in [0.3, 0.4) is 0 Å². The fourth-order valence-corrected chi connectivity index (χ4v) is 2.38. The van der Waals surface area contributed by atoms with Crippen LogP contribution in [-0.4, -0.2) is 45.0 Å². The molecule has 2 N–H and O–H groups in total. The van der Waals surface area contributed by atoms with Gasteiger partial charge in [-0.3, -0.25) is 24.5 Å². The molecule has 144 valence electrons. The van der Waals surface area contributed by atoms with Crippen molar-refractivity contribution in [3.63, 3.8) is 0 Å². The van der Waals surface area contributed by atoms with Crippen LogP contribution in [0.2, 0.25) is 0 Å². The number of aromatic nitrogens is 2. The summed E-state index contributed by atoms with van der Waals surface area (Å²) in [6.07, 6.45) is 2.78. The number of ether oxygens (including phenoxy) is 1. The smallest absolute Gasteiger partial charge is 0.302 e. The van der Waals surface area contributed by atoms with Gasteiger partial charge in [0.15, 0.2) is 0 Å². The first-order valence-corrected chi connectivity index (χ1v) is 7.89. The largest absolute Gasteiger partial charge is 0.464 e. The molecule has 0 aromatic carbocycles. The molecule has 0 fully saturated rings. The molecule has 0 radical (unpaired) electrons. The Bertz CT molecular complexity index is 897. The van der Waals surface area contributed by atoms with Crippen LogP contribution in [0.1, 0.15) is 27.9 Å². The van der Waals surface area contributed by atoms with Gasteiger partial charge >= 0.3 is 5.97 Å². The molecule has 0 saturated heterocycles. The molecule has 2 aromatic rings. The van der Waals surface area contributed by atoms with Gasteiger partial charge in [-0.25, -0.2) is 0 Å². The third-order valence-electron chi connectivity index (χ3n) is 3.62. The maximum absolute atomic E-state index is 12.3. The summed E-state index contributed by atoms with van der Waals surface area (Å²) >= 11 is 0. The van der Waals surface area contributed by atoms with Crippen LogP contribution in [0, 0.1) is 10.1 Å². The van der Waals surface area contributed by atoms with Gasteiger partial charge in [0.25, 0.3) is 17.5 Å². The van der Waals surface area contributed by atoms with E-state index in [1.165, 1.54) is 47.6 Å². The Kier molecular flexibility index (Phi) is 5.96. The lowest BCUT2D eigenvalue weighted by Crippen LogP contribution is -2.29. The third-order valence-corrected chi connectivity index (χ3v) is 3.62. The summed E-state index contributed by atoms with van der Waals surface area (Å²) in [4.78, 5) is 45.4. The Morgan fingerprint density at radius 2 is 1.74 bits per heavy atom. The Labute approximate surface area is 154 Å². The Balaban J connectivity index is 2.03. The number of aryl methyl sites for hydroxylation is 2. The van der Waals surface area contributed by atoms with Crippen LogP contribution >= 0.6 is 0 Å². The van der Waals surface area contributed by atoms with Crippen LogP contribution in [0.5, 0.6) is 0 Å². The second-order valence-electron chi connectivity index (χ2n) is 5.73. The van der Waals surface area contributed by atoms with Gasteiger partial charge in [0.05, 0.1) is 23.4 Å². The monoisotopic (exact) mass is 377 g/mol. The Morgan fingerprint density at radius 3 is 2.33 bits per heavy atom. The highest BCUT2D eigenvalue weighted by Crippen LogP contribution is 2.18. The van der Waals surface area contributed by atoms with E-state index in [1.807, 2.05) is 0 Å². The molecule has 0 bridgehead atoms. The number of rotatable bonds is 7. The van der Waals surface area contributed by atoms with E-state index in [9.17, 15) is 24.5 Å². The minimum Gasteiger partial charge on any atom is -0.464 e. The number of nitro groups is 1. The minimum absolute atomic E-state index is 0.0569. The maximum Gasteiger partial charge on any atom is 0.302 e. The highest BCUT2D eigenvalue weighted by atomic mass is 16.6. The van der Waals surface area contributed by atoms with Gasteiger partial charge in [0.2, 0.25) is 0 Å². The van der Waals surface area contributed by atoms with Gasteiger partial charge in [-0.2, -0.15) is 0 Å². The normalized spacial score (nSPS) is 10.3. The maximum atomic E-state index is 12.3. The zero-order valence-corrected chi connectivity index (χ0v) is 15.0. The standard InChI is InChI=1S/C16H19N5O6/c1-10(22)27-5-4-17-15(23)13-6-11(8-19(13)2)18-16(24)14-7-12(21(25)26)9-20(14)3/h6-9H,4-5H2,1-3H3,(H,17,23)(H,18,24). The number of anilines is 1. The zero-order valence-electron chi connectivity index (χ0n) is 15.0. The van der Waals surface area contributed by atoms with Crippen molar-refractivity contribution in [1.82, 2.24) is 14.5 Å². The van der Waals surface area contributed by atoms with Crippen molar-refractivity contribution in [3.8, 4) is 0 Å². The quantitative estimate of drug-likeness (QED) is 0.317.